The van der Waals surface area contributed by atoms with Crippen molar-refractivity contribution in [2.75, 3.05) is 5.32 Å². The molecule has 0 radical (unpaired) electrons. The normalized spacial score (nSPS) is 12.7. The van der Waals surface area contributed by atoms with E-state index in [0.717, 1.165) is 17.7 Å². The van der Waals surface area contributed by atoms with Crippen LogP contribution in [-0.2, 0) is 17.4 Å². The van der Waals surface area contributed by atoms with Crippen LogP contribution in [0.4, 0.5) is 18.9 Å². The standard InChI is InChI=1S/C20H17F3N3O/c21-20(22,23)15-7-9-18-14(10-15)11-16(12-25-18)26-19(27)17(24)8-6-13-4-2-1-3-5-13/h1-5,7,9-12,17,24H,6,8H2,(H,26,27)/q-1/t17-/m1/s1. The van der Waals surface area contributed by atoms with E-state index >= 15 is 0 Å². The van der Waals surface area contributed by atoms with Crippen molar-refractivity contribution in [1.29, 1.82) is 0 Å². The van der Waals surface area contributed by atoms with Crippen molar-refractivity contribution in [1.82, 2.24) is 4.98 Å². The molecule has 1 aromatic heterocycles. The van der Waals surface area contributed by atoms with Crippen molar-refractivity contribution < 1.29 is 18.0 Å². The summed E-state index contributed by atoms with van der Waals surface area (Å²) in [4.78, 5) is 16.3. The molecule has 1 atom stereocenters. The van der Waals surface area contributed by atoms with Gasteiger partial charge in [0.1, 0.15) is 0 Å². The fraction of sp³-hybridized carbons (Fsp3) is 0.200. The second-order valence-corrected chi connectivity index (χ2v) is 6.20. The summed E-state index contributed by atoms with van der Waals surface area (Å²) in [6.45, 7) is 0. The lowest BCUT2D eigenvalue weighted by atomic mass is 10.1. The average molecular weight is 372 g/mol. The number of nitrogens with one attached hydrogen (secondary N) is 2. The van der Waals surface area contributed by atoms with Crippen LogP contribution in [0.1, 0.15) is 17.5 Å². The molecule has 0 aliphatic rings. The molecule has 3 aromatic rings. The molecule has 1 heterocycles. The van der Waals surface area contributed by atoms with Crippen LogP contribution >= 0.6 is 0 Å². The highest BCUT2D eigenvalue weighted by molar-refractivity contribution is 5.97. The third-order valence-electron chi connectivity index (χ3n) is 4.16. The van der Waals surface area contributed by atoms with Crippen LogP contribution < -0.4 is 5.32 Å². The second-order valence-electron chi connectivity index (χ2n) is 6.20. The topological polar surface area (TPSA) is 65.8 Å². The number of carbonyl (C=O) groups is 1. The van der Waals surface area contributed by atoms with Crippen molar-refractivity contribution in [2.45, 2.75) is 25.1 Å². The van der Waals surface area contributed by atoms with Gasteiger partial charge < -0.3 is 11.1 Å². The molecular formula is C20H17F3N3O-. The van der Waals surface area contributed by atoms with Crippen LogP contribution in [0.3, 0.4) is 0 Å². The number of aromatic nitrogens is 1. The minimum absolute atomic E-state index is 0.267. The fourth-order valence-corrected chi connectivity index (χ4v) is 2.69. The van der Waals surface area contributed by atoms with E-state index in [2.05, 4.69) is 10.3 Å². The smallest absolute Gasteiger partial charge is 0.416 e. The Kier molecular flexibility index (Phi) is 5.41. The Bertz CT molecular complexity index is 942. The maximum atomic E-state index is 12.8. The summed E-state index contributed by atoms with van der Waals surface area (Å²) in [6, 6.07) is 13.2. The van der Waals surface area contributed by atoms with E-state index in [0.29, 0.717) is 18.4 Å². The van der Waals surface area contributed by atoms with Crippen LogP contribution in [0.5, 0.6) is 0 Å². The molecule has 1 amide bonds. The maximum absolute atomic E-state index is 12.8. The molecule has 140 valence electrons. The largest absolute Gasteiger partial charge is 0.667 e. The highest BCUT2D eigenvalue weighted by Crippen LogP contribution is 2.31. The summed E-state index contributed by atoms with van der Waals surface area (Å²) in [5.74, 6) is -0.515. The number of alkyl halides is 3. The van der Waals surface area contributed by atoms with Crippen LogP contribution in [0, 0.1) is 0 Å². The highest BCUT2D eigenvalue weighted by Gasteiger charge is 2.30. The third-order valence-corrected chi connectivity index (χ3v) is 4.16. The highest BCUT2D eigenvalue weighted by atomic mass is 19.4. The molecule has 2 aromatic carbocycles. The number of carbonyl (C=O) groups excluding carboxylic acids is 1. The molecule has 27 heavy (non-hydrogen) atoms. The molecule has 0 spiro atoms. The van der Waals surface area contributed by atoms with Crippen LogP contribution in [0.25, 0.3) is 16.6 Å². The van der Waals surface area contributed by atoms with Gasteiger partial charge in [0, 0.05) is 5.39 Å². The van der Waals surface area contributed by atoms with Crippen LogP contribution in [0.2, 0.25) is 0 Å². The van der Waals surface area contributed by atoms with Gasteiger partial charge in [-0.1, -0.05) is 42.8 Å². The molecule has 7 heteroatoms. The van der Waals surface area contributed by atoms with Crippen molar-refractivity contribution in [2.24, 2.45) is 0 Å². The van der Waals surface area contributed by atoms with E-state index in [-0.39, 0.29) is 11.1 Å². The zero-order valence-corrected chi connectivity index (χ0v) is 14.3. The first kappa shape index (κ1) is 18.8. The van der Waals surface area contributed by atoms with Crippen molar-refractivity contribution in [3.8, 4) is 0 Å². The van der Waals surface area contributed by atoms with Gasteiger partial charge in [0.2, 0.25) is 5.91 Å². The molecule has 4 nitrogen and oxygen atoms in total. The van der Waals surface area contributed by atoms with E-state index < -0.39 is 23.7 Å². The lowest BCUT2D eigenvalue weighted by Crippen LogP contribution is -2.25. The predicted octanol–water partition coefficient (Wildman–Crippen LogP) is 5.25. The number of aryl methyl sites for hydroxylation is 1. The number of nitrogens with zero attached hydrogens (tertiary/aromatic N) is 1. The van der Waals surface area contributed by atoms with Crippen LogP contribution in [0.15, 0.2) is 60.8 Å². The first-order chi connectivity index (χ1) is 12.8. The second kappa shape index (κ2) is 7.75. The Morgan fingerprint density at radius 2 is 1.85 bits per heavy atom. The number of pyridine rings is 1. The zero-order valence-electron chi connectivity index (χ0n) is 14.3. The lowest BCUT2D eigenvalue weighted by molar-refractivity contribution is -0.137. The third kappa shape index (κ3) is 4.83. The van der Waals surface area contributed by atoms with Gasteiger partial charge >= 0.3 is 6.18 Å². The van der Waals surface area contributed by atoms with Gasteiger partial charge in [-0.25, -0.2) is 0 Å². The van der Waals surface area contributed by atoms with Crippen molar-refractivity contribution >= 4 is 22.5 Å². The van der Waals surface area contributed by atoms with E-state index in [1.807, 2.05) is 30.3 Å². The van der Waals surface area contributed by atoms with Gasteiger partial charge in [0.25, 0.3) is 0 Å². The molecule has 0 bridgehead atoms. The summed E-state index contributed by atoms with van der Waals surface area (Å²) in [5.41, 5.74) is 8.90. The lowest BCUT2D eigenvalue weighted by Gasteiger charge is -2.19. The summed E-state index contributed by atoms with van der Waals surface area (Å²) in [6.07, 6.45) is -2.14. The maximum Gasteiger partial charge on any atom is 0.416 e. The summed E-state index contributed by atoms with van der Waals surface area (Å²) in [5, 5.41) is 2.83. The predicted molar refractivity (Wildman–Crippen MR) is 98.2 cm³/mol. The Balaban J connectivity index is 1.68. The summed E-state index contributed by atoms with van der Waals surface area (Å²) in [7, 11) is 0. The number of rotatable bonds is 5. The quantitative estimate of drug-likeness (QED) is 0.665. The Hall–Kier alpha value is -2.93. The summed E-state index contributed by atoms with van der Waals surface area (Å²) < 4.78 is 38.5. The van der Waals surface area contributed by atoms with Gasteiger partial charge in [0.05, 0.1) is 23.0 Å². The van der Waals surface area contributed by atoms with Gasteiger partial charge in [-0.3, -0.25) is 9.78 Å². The molecule has 3 rings (SSSR count). The van der Waals surface area contributed by atoms with Crippen molar-refractivity contribution in [3.63, 3.8) is 0 Å². The Labute approximate surface area is 154 Å². The average Bonchev–Trinajstić information content (AvgIpc) is 2.65. The minimum Gasteiger partial charge on any atom is -0.667 e. The number of hydrogen-bond acceptors (Lipinski definition) is 2. The van der Waals surface area contributed by atoms with E-state index in [1.165, 1.54) is 18.3 Å². The first-order valence-electron chi connectivity index (χ1n) is 8.36. The molecule has 0 saturated carbocycles. The first-order valence-corrected chi connectivity index (χ1v) is 8.36. The number of hydrogen-bond donors (Lipinski definition) is 1. The monoisotopic (exact) mass is 372 g/mol. The van der Waals surface area contributed by atoms with E-state index in [4.69, 9.17) is 5.73 Å². The Morgan fingerprint density at radius 3 is 2.56 bits per heavy atom. The molecule has 0 unspecified atom stereocenters. The van der Waals surface area contributed by atoms with Gasteiger partial charge in [-0.05, 0) is 36.2 Å². The molecule has 2 N–H and O–H groups in total. The number of fused-ring (bicyclic) bond motifs is 1. The molecule has 0 fully saturated rings. The number of benzene rings is 2. The number of anilines is 1. The summed E-state index contributed by atoms with van der Waals surface area (Å²) >= 11 is 0. The molecule has 0 aliphatic heterocycles. The van der Waals surface area contributed by atoms with Gasteiger partial charge in [-0.15, -0.1) is 0 Å². The minimum atomic E-state index is -4.45. The van der Waals surface area contributed by atoms with Crippen LogP contribution in [-0.4, -0.2) is 16.9 Å². The van der Waals surface area contributed by atoms with E-state index in [9.17, 15) is 18.0 Å². The SMILES string of the molecule is [NH-][C@H](CCc1ccccc1)C(=O)Nc1cnc2ccc(C(F)(F)F)cc2c1. The Morgan fingerprint density at radius 1 is 1.11 bits per heavy atom. The zero-order chi connectivity index (χ0) is 19.4. The molecular weight excluding hydrogens is 355 g/mol. The molecule has 0 saturated heterocycles. The fourth-order valence-electron chi connectivity index (χ4n) is 2.69. The van der Waals surface area contributed by atoms with Gasteiger partial charge in [0.15, 0.2) is 0 Å². The number of halogens is 3. The number of amides is 1. The molecule has 0 aliphatic carbocycles. The van der Waals surface area contributed by atoms with Gasteiger partial charge in [-0.2, -0.15) is 13.2 Å². The van der Waals surface area contributed by atoms with E-state index in [1.54, 1.807) is 0 Å². The van der Waals surface area contributed by atoms with Crippen molar-refractivity contribution in [3.05, 3.63) is 77.7 Å².